The number of amides is 1. The van der Waals surface area contributed by atoms with Crippen LogP contribution in [0.3, 0.4) is 0 Å². The second kappa shape index (κ2) is 5.26. The summed E-state index contributed by atoms with van der Waals surface area (Å²) in [5.41, 5.74) is 0.488. The van der Waals surface area contributed by atoms with Crippen LogP contribution in [0.2, 0.25) is 5.02 Å². The molecule has 0 spiro atoms. The Morgan fingerprint density at radius 2 is 2.33 bits per heavy atom. The molecule has 1 aliphatic heterocycles. The fourth-order valence-corrected chi connectivity index (χ4v) is 2.24. The van der Waals surface area contributed by atoms with Gasteiger partial charge in [0.25, 0.3) is 5.91 Å². The first-order chi connectivity index (χ1) is 8.48. The van der Waals surface area contributed by atoms with Crippen LogP contribution < -0.4 is 5.32 Å². The summed E-state index contributed by atoms with van der Waals surface area (Å²) in [5, 5.41) is 13.3. The van der Waals surface area contributed by atoms with Crippen LogP contribution in [0, 0.1) is 6.92 Å². The van der Waals surface area contributed by atoms with Crippen molar-refractivity contribution >= 4 is 17.5 Å². The van der Waals surface area contributed by atoms with E-state index >= 15 is 0 Å². The predicted molar refractivity (Wildman–Crippen MR) is 68.9 cm³/mol. The lowest BCUT2D eigenvalue weighted by Gasteiger charge is -2.20. The highest BCUT2D eigenvalue weighted by Crippen LogP contribution is 2.18. The molecular weight excluding hydrogens is 254 g/mol. The molecule has 18 heavy (non-hydrogen) atoms. The van der Waals surface area contributed by atoms with E-state index in [2.05, 4.69) is 5.32 Å². The fraction of sp³-hybridized carbons (Fsp3) is 0.462. The van der Waals surface area contributed by atoms with E-state index in [0.717, 1.165) is 5.56 Å². The summed E-state index contributed by atoms with van der Waals surface area (Å²) < 4.78 is 5.11. The summed E-state index contributed by atoms with van der Waals surface area (Å²) in [6.45, 7) is 2.86. The first-order valence-corrected chi connectivity index (χ1v) is 6.22. The molecule has 1 aromatic rings. The Morgan fingerprint density at radius 1 is 1.56 bits per heavy atom. The molecule has 1 amide bonds. The van der Waals surface area contributed by atoms with Crippen molar-refractivity contribution in [1.82, 2.24) is 5.32 Å². The van der Waals surface area contributed by atoms with Gasteiger partial charge in [0.05, 0.1) is 6.61 Å². The second-order valence-corrected chi connectivity index (χ2v) is 5.16. The third-order valence-corrected chi connectivity index (χ3v) is 3.18. The average Bonchev–Trinajstić information content (AvgIpc) is 2.72. The van der Waals surface area contributed by atoms with E-state index in [4.69, 9.17) is 16.3 Å². The van der Waals surface area contributed by atoms with Crippen molar-refractivity contribution < 1.29 is 14.6 Å². The number of carbonyl (C=O) groups excluding carboxylic acids is 1. The first-order valence-electron chi connectivity index (χ1n) is 5.84. The van der Waals surface area contributed by atoms with E-state index in [1.165, 1.54) is 0 Å². The Bertz CT molecular complexity index is 435. The second-order valence-electron chi connectivity index (χ2n) is 4.73. The molecule has 2 rings (SSSR count). The van der Waals surface area contributed by atoms with Crippen molar-refractivity contribution in [2.45, 2.75) is 18.9 Å². The molecule has 0 radical (unpaired) electrons. The first kappa shape index (κ1) is 13.3. The normalized spacial score (nSPS) is 23.1. The van der Waals surface area contributed by atoms with Crippen molar-refractivity contribution in [3.05, 3.63) is 34.3 Å². The van der Waals surface area contributed by atoms with Crippen molar-refractivity contribution in [2.75, 3.05) is 19.8 Å². The fourth-order valence-electron chi connectivity index (χ4n) is 1.95. The monoisotopic (exact) mass is 269 g/mol. The largest absolute Gasteiger partial charge is 0.386 e. The summed E-state index contributed by atoms with van der Waals surface area (Å²) in [6, 6.07) is 5.16. The van der Waals surface area contributed by atoms with Gasteiger partial charge >= 0.3 is 0 Å². The van der Waals surface area contributed by atoms with Crippen LogP contribution in [0.25, 0.3) is 0 Å². The number of hydrogen-bond acceptors (Lipinski definition) is 3. The minimum absolute atomic E-state index is 0.192. The van der Waals surface area contributed by atoms with Crippen molar-refractivity contribution in [1.29, 1.82) is 0 Å². The van der Waals surface area contributed by atoms with Crippen LogP contribution >= 0.6 is 11.6 Å². The highest BCUT2D eigenvalue weighted by molar-refractivity contribution is 6.31. The number of aliphatic hydroxyl groups is 1. The summed E-state index contributed by atoms with van der Waals surface area (Å²) in [4.78, 5) is 11.9. The summed E-state index contributed by atoms with van der Waals surface area (Å²) >= 11 is 5.90. The van der Waals surface area contributed by atoms with Crippen molar-refractivity contribution in [2.24, 2.45) is 0 Å². The molecule has 1 heterocycles. The van der Waals surface area contributed by atoms with Crippen LogP contribution in [0.4, 0.5) is 0 Å². The molecule has 0 bridgehead atoms. The molecule has 0 saturated carbocycles. The maximum atomic E-state index is 11.9. The van der Waals surface area contributed by atoms with E-state index in [1.807, 2.05) is 6.92 Å². The maximum absolute atomic E-state index is 11.9. The lowest BCUT2D eigenvalue weighted by molar-refractivity contribution is 0.0264. The maximum Gasteiger partial charge on any atom is 0.251 e. The number of aryl methyl sites for hydroxylation is 1. The van der Waals surface area contributed by atoms with Gasteiger partial charge in [-0.2, -0.15) is 0 Å². The van der Waals surface area contributed by atoms with Gasteiger partial charge in [0.2, 0.25) is 0 Å². The molecule has 0 aromatic heterocycles. The van der Waals surface area contributed by atoms with Gasteiger partial charge in [-0.15, -0.1) is 0 Å². The lowest BCUT2D eigenvalue weighted by Crippen LogP contribution is -2.43. The average molecular weight is 270 g/mol. The Labute approximate surface area is 111 Å². The highest BCUT2D eigenvalue weighted by atomic mass is 35.5. The van der Waals surface area contributed by atoms with Crippen LogP contribution in [0.15, 0.2) is 18.2 Å². The third kappa shape index (κ3) is 3.22. The van der Waals surface area contributed by atoms with E-state index in [1.54, 1.807) is 18.2 Å². The zero-order valence-electron chi connectivity index (χ0n) is 10.2. The van der Waals surface area contributed by atoms with Gasteiger partial charge in [0.15, 0.2) is 0 Å². The molecule has 4 nitrogen and oxygen atoms in total. The van der Waals surface area contributed by atoms with E-state index in [0.29, 0.717) is 23.6 Å². The van der Waals surface area contributed by atoms with Crippen LogP contribution in [-0.4, -0.2) is 36.4 Å². The molecule has 1 aliphatic rings. The summed E-state index contributed by atoms with van der Waals surface area (Å²) in [5.74, 6) is -0.235. The molecule has 1 unspecified atom stereocenters. The Balaban J connectivity index is 1.99. The van der Waals surface area contributed by atoms with Crippen LogP contribution in [0.1, 0.15) is 22.3 Å². The molecule has 1 fully saturated rings. The van der Waals surface area contributed by atoms with Crippen LogP contribution in [0.5, 0.6) is 0 Å². The molecule has 1 aromatic carbocycles. The Morgan fingerprint density at radius 3 is 2.94 bits per heavy atom. The van der Waals surface area contributed by atoms with Gasteiger partial charge in [0, 0.05) is 30.2 Å². The molecule has 1 saturated heterocycles. The van der Waals surface area contributed by atoms with Crippen molar-refractivity contribution in [3.63, 3.8) is 0 Å². The standard InChI is InChI=1S/C13H16ClNO3/c1-9-4-10(6-11(14)5-9)12(16)15-7-13(17)2-3-18-8-13/h4-6,17H,2-3,7-8H2,1H3,(H,15,16). The molecule has 98 valence electrons. The van der Waals surface area contributed by atoms with E-state index in [9.17, 15) is 9.90 Å². The molecular formula is C13H16ClNO3. The number of benzene rings is 1. The number of halogens is 1. The van der Waals surface area contributed by atoms with E-state index in [-0.39, 0.29) is 19.1 Å². The van der Waals surface area contributed by atoms with Gasteiger partial charge in [-0.25, -0.2) is 0 Å². The van der Waals surface area contributed by atoms with Gasteiger partial charge in [-0.1, -0.05) is 11.6 Å². The summed E-state index contributed by atoms with van der Waals surface area (Å²) in [6.07, 6.45) is 0.544. The highest BCUT2D eigenvalue weighted by Gasteiger charge is 2.32. The lowest BCUT2D eigenvalue weighted by atomic mass is 10.0. The Hall–Kier alpha value is -1.10. The predicted octanol–water partition coefficient (Wildman–Crippen LogP) is 1.53. The Kier molecular flexibility index (Phi) is 3.90. The molecule has 2 N–H and O–H groups in total. The third-order valence-electron chi connectivity index (χ3n) is 2.96. The van der Waals surface area contributed by atoms with E-state index < -0.39 is 5.60 Å². The molecule has 5 heteroatoms. The van der Waals surface area contributed by atoms with Gasteiger partial charge in [-0.05, 0) is 30.7 Å². The SMILES string of the molecule is Cc1cc(Cl)cc(C(=O)NCC2(O)CCOC2)c1. The number of hydrogen-bond donors (Lipinski definition) is 2. The number of nitrogens with one attached hydrogen (secondary N) is 1. The van der Waals surface area contributed by atoms with Crippen LogP contribution in [-0.2, 0) is 4.74 Å². The van der Waals surface area contributed by atoms with Crippen molar-refractivity contribution in [3.8, 4) is 0 Å². The topological polar surface area (TPSA) is 58.6 Å². The van der Waals surface area contributed by atoms with Gasteiger partial charge in [0.1, 0.15) is 5.60 Å². The minimum Gasteiger partial charge on any atom is -0.386 e. The number of ether oxygens (including phenoxy) is 1. The summed E-state index contributed by atoms with van der Waals surface area (Å²) in [7, 11) is 0. The zero-order chi connectivity index (χ0) is 13.2. The molecule has 0 aliphatic carbocycles. The number of rotatable bonds is 3. The minimum atomic E-state index is -0.941. The van der Waals surface area contributed by atoms with Gasteiger partial charge < -0.3 is 15.2 Å². The number of carbonyl (C=O) groups is 1. The molecule has 1 atom stereocenters. The van der Waals surface area contributed by atoms with Gasteiger partial charge in [-0.3, -0.25) is 4.79 Å². The zero-order valence-corrected chi connectivity index (χ0v) is 11.0. The quantitative estimate of drug-likeness (QED) is 0.875. The smallest absolute Gasteiger partial charge is 0.251 e.